The van der Waals surface area contributed by atoms with Crippen LogP contribution in [0.1, 0.15) is 87.4 Å². The fourth-order valence-electron chi connectivity index (χ4n) is 4.64. The molecule has 0 spiro atoms. The lowest BCUT2D eigenvalue weighted by Crippen LogP contribution is -2.28. The van der Waals surface area contributed by atoms with Gasteiger partial charge in [-0.3, -0.25) is 9.63 Å². The lowest BCUT2D eigenvalue weighted by atomic mass is 9.98. The third-order valence-electron chi connectivity index (χ3n) is 6.88. The van der Waals surface area contributed by atoms with E-state index in [2.05, 4.69) is 30.5 Å². The van der Waals surface area contributed by atoms with E-state index < -0.39 is 10.0 Å². The smallest absolute Gasteiger partial charge is 0.262 e. The first-order chi connectivity index (χ1) is 19.3. The maximum atomic E-state index is 13.7. The van der Waals surface area contributed by atoms with Gasteiger partial charge >= 0.3 is 0 Å². The van der Waals surface area contributed by atoms with Crippen molar-refractivity contribution in [2.75, 3.05) is 33.4 Å². The molecule has 3 rings (SSSR count). The number of aryl methyl sites for hydroxylation is 1. The average Bonchev–Trinajstić information content (AvgIpc) is 3.32. The monoisotopic (exact) mass is 572 g/mol. The highest BCUT2D eigenvalue weighted by molar-refractivity contribution is 7.89. The summed E-state index contributed by atoms with van der Waals surface area (Å²) < 4.78 is 37.0. The number of nitrogens with one attached hydrogen (secondary N) is 1. The van der Waals surface area contributed by atoms with E-state index in [1.807, 2.05) is 17.0 Å². The van der Waals surface area contributed by atoms with Crippen LogP contribution in [0, 0.1) is 0 Å². The standard InChI is InChI=1S/C31H44N2O6S/c1-5-8-12-29-30(27-23-26(17-18-28(27)39-29)40(35,36)32-37-4)31(34)24-13-15-25(16-14-24)38-22-11-21-33(19-9-6-2)20-10-7-3/h13-18,23,32H,5-12,19-22H2,1-4H3. The lowest BCUT2D eigenvalue weighted by Gasteiger charge is -2.21. The van der Waals surface area contributed by atoms with Crippen molar-refractivity contribution in [2.24, 2.45) is 0 Å². The van der Waals surface area contributed by atoms with E-state index in [0.29, 0.717) is 46.6 Å². The third kappa shape index (κ3) is 8.64. The molecule has 0 radical (unpaired) electrons. The van der Waals surface area contributed by atoms with Gasteiger partial charge in [-0.1, -0.05) is 44.9 Å². The zero-order valence-corrected chi connectivity index (χ0v) is 25.1. The van der Waals surface area contributed by atoms with Crippen LogP contribution in [-0.4, -0.2) is 52.5 Å². The van der Waals surface area contributed by atoms with E-state index in [1.165, 1.54) is 44.9 Å². The number of fused-ring (bicyclic) bond motifs is 1. The van der Waals surface area contributed by atoms with Gasteiger partial charge in [-0.2, -0.15) is 0 Å². The number of benzene rings is 2. The Morgan fingerprint density at radius 3 is 2.17 bits per heavy atom. The second-order valence-corrected chi connectivity index (χ2v) is 11.7. The van der Waals surface area contributed by atoms with Gasteiger partial charge in [-0.05, 0) is 81.2 Å². The molecule has 1 N–H and O–H groups in total. The summed E-state index contributed by atoms with van der Waals surface area (Å²) in [6, 6.07) is 11.6. The Morgan fingerprint density at radius 1 is 0.900 bits per heavy atom. The number of hydrogen-bond donors (Lipinski definition) is 1. The Bertz CT molecular complexity index is 1310. The molecule has 0 unspecified atom stereocenters. The summed E-state index contributed by atoms with van der Waals surface area (Å²) in [5, 5.41) is 0.464. The summed E-state index contributed by atoms with van der Waals surface area (Å²) in [6.45, 7) is 10.4. The molecule has 3 aromatic rings. The lowest BCUT2D eigenvalue weighted by molar-refractivity contribution is 0.103. The largest absolute Gasteiger partial charge is 0.494 e. The topological polar surface area (TPSA) is 98.1 Å². The van der Waals surface area contributed by atoms with Gasteiger partial charge in [0, 0.05) is 23.9 Å². The second-order valence-electron chi connectivity index (χ2n) is 10.1. The Kier molecular flexibility index (Phi) is 12.6. The SMILES string of the molecule is CCCCc1oc2ccc(S(=O)(=O)NOC)cc2c1C(=O)c1ccc(OCCCN(CCCC)CCCC)cc1. The van der Waals surface area contributed by atoms with Gasteiger partial charge < -0.3 is 14.1 Å². The molecule has 0 saturated heterocycles. The fourth-order valence-corrected chi connectivity index (χ4v) is 5.47. The Balaban J connectivity index is 1.75. The van der Waals surface area contributed by atoms with Gasteiger partial charge in [-0.15, -0.1) is 0 Å². The normalized spacial score (nSPS) is 11.9. The van der Waals surface area contributed by atoms with Gasteiger partial charge in [0.2, 0.25) is 0 Å². The van der Waals surface area contributed by atoms with Crippen molar-refractivity contribution >= 4 is 26.8 Å². The van der Waals surface area contributed by atoms with Gasteiger partial charge in [0.25, 0.3) is 10.0 Å². The Morgan fingerprint density at radius 2 is 1.55 bits per heavy atom. The number of ether oxygens (including phenoxy) is 1. The number of carbonyl (C=O) groups excluding carboxylic acids is 1. The number of rotatable bonds is 19. The van der Waals surface area contributed by atoms with Gasteiger partial charge in [0.1, 0.15) is 17.1 Å². The number of nitrogens with zero attached hydrogens (tertiary/aromatic N) is 1. The molecule has 0 fully saturated rings. The number of furan rings is 1. The van der Waals surface area contributed by atoms with Gasteiger partial charge in [-0.25, -0.2) is 8.42 Å². The molecule has 1 aromatic heterocycles. The van der Waals surface area contributed by atoms with Crippen LogP contribution in [0.15, 0.2) is 51.8 Å². The highest BCUT2D eigenvalue weighted by atomic mass is 32.2. The van der Waals surface area contributed by atoms with Crippen LogP contribution in [0.4, 0.5) is 0 Å². The van der Waals surface area contributed by atoms with Crippen LogP contribution in [0.3, 0.4) is 0 Å². The summed E-state index contributed by atoms with van der Waals surface area (Å²) in [6.07, 6.45) is 8.13. The van der Waals surface area contributed by atoms with Gasteiger partial charge in [0.05, 0.1) is 24.2 Å². The van der Waals surface area contributed by atoms with E-state index in [1.54, 1.807) is 18.2 Å². The summed E-state index contributed by atoms with van der Waals surface area (Å²) in [5.74, 6) is 1.06. The molecule has 40 heavy (non-hydrogen) atoms. The van der Waals surface area contributed by atoms with Crippen molar-refractivity contribution in [3.63, 3.8) is 0 Å². The summed E-state index contributed by atoms with van der Waals surface area (Å²) >= 11 is 0. The number of hydrogen-bond acceptors (Lipinski definition) is 7. The Labute approximate surface area is 239 Å². The molecule has 1 heterocycles. The number of unbranched alkanes of at least 4 members (excludes halogenated alkanes) is 3. The first-order valence-corrected chi connectivity index (χ1v) is 15.9. The van der Waals surface area contributed by atoms with Crippen molar-refractivity contribution < 1.29 is 27.2 Å². The maximum Gasteiger partial charge on any atom is 0.262 e. The van der Waals surface area contributed by atoms with Crippen LogP contribution >= 0.6 is 0 Å². The zero-order valence-electron chi connectivity index (χ0n) is 24.3. The van der Waals surface area contributed by atoms with E-state index in [9.17, 15) is 13.2 Å². The molecule has 2 aromatic carbocycles. The first-order valence-electron chi connectivity index (χ1n) is 14.4. The minimum absolute atomic E-state index is 0.00885. The van der Waals surface area contributed by atoms with Crippen LogP contribution in [0.25, 0.3) is 11.0 Å². The van der Waals surface area contributed by atoms with Crippen molar-refractivity contribution in [1.82, 2.24) is 9.79 Å². The molecule has 220 valence electrons. The van der Waals surface area contributed by atoms with Crippen molar-refractivity contribution in [3.8, 4) is 5.75 Å². The zero-order chi connectivity index (χ0) is 29.0. The van der Waals surface area contributed by atoms with Crippen molar-refractivity contribution in [1.29, 1.82) is 0 Å². The molecule has 8 nitrogen and oxygen atoms in total. The Hall–Kier alpha value is -2.72. The molecule has 0 bridgehead atoms. The average molecular weight is 573 g/mol. The minimum Gasteiger partial charge on any atom is -0.494 e. The van der Waals surface area contributed by atoms with E-state index in [4.69, 9.17) is 9.15 Å². The van der Waals surface area contributed by atoms with E-state index >= 15 is 0 Å². The van der Waals surface area contributed by atoms with Crippen LogP contribution < -0.4 is 9.62 Å². The van der Waals surface area contributed by atoms with Crippen molar-refractivity contribution in [2.45, 2.75) is 77.0 Å². The molecular formula is C31H44N2O6S. The van der Waals surface area contributed by atoms with E-state index in [-0.39, 0.29) is 10.7 Å². The minimum atomic E-state index is -3.89. The second kappa shape index (κ2) is 15.9. The van der Waals surface area contributed by atoms with Crippen LogP contribution in [-0.2, 0) is 21.3 Å². The number of ketones is 1. The summed E-state index contributed by atoms with van der Waals surface area (Å²) in [7, 11) is -2.66. The molecule has 0 aliphatic rings. The third-order valence-corrected chi connectivity index (χ3v) is 8.14. The first kappa shape index (κ1) is 31.8. The predicted octanol–water partition coefficient (Wildman–Crippen LogP) is 6.52. The molecule has 0 aliphatic carbocycles. The quantitative estimate of drug-likeness (QED) is 0.0992. The van der Waals surface area contributed by atoms with Crippen LogP contribution in [0.5, 0.6) is 5.75 Å². The van der Waals surface area contributed by atoms with Gasteiger partial charge in [0.15, 0.2) is 5.78 Å². The molecular weight excluding hydrogens is 528 g/mol. The fraction of sp³-hybridized carbons (Fsp3) is 0.516. The number of carbonyl (C=O) groups is 1. The molecule has 0 amide bonds. The summed E-state index contributed by atoms with van der Waals surface area (Å²) in [5.41, 5.74) is 1.35. The highest BCUT2D eigenvalue weighted by Crippen LogP contribution is 2.32. The van der Waals surface area contributed by atoms with E-state index in [0.717, 1.165) is 38.9 Å². The molecule has 9 heteroatoms. The molecule has 0 atom stereocenters. The predicted molar refractivity (Wildman–Crippen MR) is 158 cm³/mol. The van der Waals surface area contributed by atoms with Crippen molar-refractivity contribution in [3.05, 3.63) is 59.4 Å². The summed E-state index contributed by atoms with van der Waals surface area (Å²) in [4.78, 5) is 22.9. The molecule has 0 saturated carbocycles. The highest BCUT2D eigenvalue weighted by Gasteiger charge is 2.24. The molecule has 0 aliphatic heterocycles. The number of sulfonamides is 1. The maximum absolute atomic E-state index is 13.7. The van der Waals surface area contributed by atoms with Crippen LogP contribution in [0.2, 0.25) is 0 Å².